The van der Waals surface area contributed by atoms with Crippen LogP contribution in [0.15, 0.2) is 16.0 Å². The number of amides is 2. The Bertz CT molecular complexity index is 1020. The van der Waals surface area contributed by atoms with Crippen molar-refractivity contribution < 1.29 is 29.7 Å². The summed E-state index contributed by atoms with van der Waals surface area (Å²) >= 11 is 2.82. The van der Waals surface area contributed by atoms with Crippen LogP contribution in [-0.4, -0.2) is 92.5 Å². The summed E-state index contributed by atoms with van der Waals surface area (Å²) in [5, 5.41) is 33.6. The van der Waals surface area contributed by atoms with Crippen LogP contribution in [0.3, 0.4) is 0 Å². The van der Waals surface area contributed by atoms with Crippen molar-refractivity contribution in [3.05, 3.63) is 21.7 Å². The number of carbonyl (C=O) groups excluding carboxylic acids is 3. The van der Waals surface area contributed by atoms with Crippen molar-refractivity contribution in [2.75, 3.05) is 31.1 Å². The molecule has 2 amide bonds. The van der Waals surface area contributed by atoms with Crippen LogP contribution < -0.4 is 10.0 Å². The number of hydrogen-bond acceptors (Lipinski definition) is 10. The second-order valence-electron chi connectivity index (χ2n) is 9.23. The topological polar surface area (TPSA) is 137 Å². The SMILES string of the molecule is CC(C)N(CCO)C(=O)c1csc(N2CC(SC3=C(C(=O)[O-])N4C(=O)[C@H]([C@@H](C)O)[C@H]4[C@H]3C)C2)n1. The van der Waals surface area contributed by atoms with Crippen molar-refractivity contribution in [3.63, 3.8) is 0 Å². The predicted octanol–water partition coefficient (Wildman–Crippen LogP) is -0.273. The first-order chi connectivity index (χ1) is 16.1. The monoisotopic (exact) mass is 509 g/mol. The zero-order valence-corrected chi connectivity index (χ0v) is 21.1. The van der Waals surface area contributed by atoms with E-state index in [1.807, 2.05) is 25.7 Å². The third-order valence-electron chi connectivity index (χ3n) is 6.65. The molecule has 3 aliphatic rings. The zero-order valence-electron chi connectivity index (χ0n) is 19.5. The van der Waals surface area contributed by atoms with Gasteiger partial charge in [-0.1, -0.05) is 6.92 Å². The molecular weight excluding hydrogens is 480 g/mol. The lowest BCUT2D eigenvalue weighted by Crippen LogP contribution is -2.64. The van der Waals surface area contributed by atoms with Crippen LogP contribution in [0.5, 0.6) is 0 Å². The third kappa shape index (κ3) is 4.10. The summed E-state index contributed by atoms with van der Waals surface area (Å²) in [6.07, 6.45) is -0.839. The summed E-state index contributed by atoms with van der Waals surface area (Å²) in [6.45, 7) is 8.61. The summed E-state index contributed by atoms with van der Waals surface area (Å²) in [5.74, 6) is -2.74. The Morgan fingerprint density at radius 2 is 2.03 bits per heavy atom. The van der Waals surface area contributed by atoms with Crippen molar-refractivity contribution in [2.24, 2.45) is 11.8 Å². The second kappa shape index (κ2) is 9.48. The van der Waals surface area contributed by atoms with Crippen molar-refractivity contribution in [1.29, 1.82) is 0 Å². The van der Waals surface area contributed by atoms with Crippen LogP contribution in [0.1, 0.15) is 38.2 Å². The van der Waals surface area contributed by atoms with E-state index in [0.29, 0.717) is 23.7 Å². The molecule has 4 heterocycles. The molecule has 0 spiro atoms. The van der Waals surface area contributed by atoms with Crippen LogP contribution in [0.2, 0.25) is 0 Å². The molecule has 0 aliphatic carbocycles. The predicted molar refractivity (Wildman–Crippen MR) is 126 cm³/mol. The molecule has 2 N–H and O–H groups in total. The van der Waals surface area contributed by atoms with Crippen LogP contribution in [0, 0.1) is 11.8 Å². The highest BCUT2D eigenvalue weighted by atomic mass is 32.2. The van der Waals surface area contributed by atoms with Crippen molar-refractivity contribution in [3.8, 4) is 0 Å². The van der Waals surface area contributed by atoms with E-state index in [1.165, 1.54) is 28.0 Å². The fourth-order valence-electron chi connectivity index (χ4n) is 4.87. The highest BCUT2D eigenvalue weighted by Gasteiger charge is 2.59. The van der Waals surface area contributed by atoms with Gasteiger partial charge in [0.2, 0.25) is 5.91 Å². The fraction of sp³-hybridized carbons (Fsp3) is 0.636. The van der Waals surface area contributed by atoms with Crippen LogP contribution in [-0.2, 0) is 9.59 Å². The Morgan fingerprint density at radius 3 is 2.59 bits per heavy atom. The minimum atomic E-state index is -1.37. The van der Waals surface area contributed by atoms with E-state index in [4.69, 9.17) is 0 Å². The summed E-state index contributed by atoms with van der Waals surface area (Å²) < 4.78 is 0. The number of thioether (sulfide) groups is 1. The Labute approximate surface area is 206 Å². The number of aliphatic carboxylic acids is 1. The van der Waals surface area contributed by atoms with Crippen LogP contribution >= 0.6 is 23.1 Å². The van der Waals surface area contributed by atoms with Gasteiger partial charge in [-0.05, 0) is 20.8 Å². The normalized spacial score (nSPS) is 25.4. The zero-order chi connectivity index (χ0) is 24.9. The Kier molecular flexibility index (Phi) is 6.96. The quantitative estimate of drug-likeness (QED) is 0.431. The maximum atomic E-state index is 12.7. The molecule has 0 radical (unpaired) electrons. The van der Waals surface area contributed by atoms with E-state index in [0.717, 1.165) is 5.13 Å². The number of fused-ring (bicyclic) bond motifs is 1. The van der Waals surface area contributed by atoms with Gasteiger partial charge in [-0.25, -0.2) is 4.98 Å². The van der Waals surface area contributed by atoms with Gasteiger partial charge in [-0.2, -0.15) is 0 Å². The first-order valence-corrected chi connectivity index (χ1v) is 13.1. The number of rotatable bonds is 9. The molecule has 0 bridgehead atoms. The minimum Gasteiger partial charge on any atom is -0.543 e. The molecule has 0 aromatic carbocycles. The van der Waals surface area contributed by atoms with Gasteiger partial charge in [-0.15, -0.1) is 23.1 Å². The van der Waals surface area contributed by atoms with E-state index in [-0.39, 0.29) is 53.9 Å². The molecule has 4 atom stereocenters. The number of thiazole rings is 1. The Balaban J connectivity index is 1.41. The largest absolute Gasteiger partial charge is 0.543 e. The van der Waals surface area contributed by atoms with Crippen LogP contribution in [0.25, 0.3) is 0 Å². The molecule has 2 fully saturated rings. The molecule has 3 aliphatic heterocycles. The highest BCUT2D eigenvalue weighted by molar-refractivity contribution is 8.03. The molecule has 4 rings (SSSR count). The minimum absolute atomic E-state index is 0.0551. The summed E-state index contributed by atoms with van der Waals surface area (Å²) in [4.78, 5) is 47.0. The maximum Gasteiger partial charge on any atom is 0.273 e. The van der Waals surface area contributed by atoms with Gasteiger partial charge in [-0.3, -0.25) is 9.59 Å². The lowest BCUT2D eigenvalue weighted by atomic mass is 9.79. The maximum absolute atomic E-state index is 12.7. The van der Waals surface area contributed by atoms with Crippen molar-refractivity contribution >= 4 is 46.0 Å². The van der Waals surface area contributed by atoms with Gasteiger partial charge < -0.3 is 34.8 Å². The standard InChI is InChI=1S/C22H30N4O6S2/c1-10(2)25(5-6-27)19(29)14-9-33-22(23-14)24-7-13(8-24)34-18-11(3)16-15(12(4)28)20(30)26(16)17(18)21(31)32/h9-13,15-16,27-28H,5-8H2,1-4H3,(H,31,32)/p-1/t11-,12-,15-,16-/m1/s1. The van der Waals surface area contributed by atoms with E-state index < -0.39 is 18.0 Å². The smallest absolute Gasteiger partial charge is 0.273 e. The van der Waals surface area contributed by atoms with E-state index in [2.05, 4.69) is 4.98 Å². The van der Waals surface area contributed by atoms with Gasteiger partial charge in [0.1, 0.15) is 5.69 Å². The number of β-lactam (4-membered cyclic amide) rings is 1. The van der Waals surface area contributed by atoms with Gasteiger partial charge in [0.25, 0.3) is 5.91 Å². The van der Waals surface area contributed by atoms with E-state index in [9.17, 15) is 29.7 Å². The lowest BCUT2D eigenvalue weighted by Gasteiger charge is -2.47. The third-order valence-corrected chi connectivity index (χ3v) is 9.00. The molecule has 0 unspecified atom stereocenters. The summed E-state index contributed by atoms with van der Waals surface area (Å²) in [5.41, 5.74) is 0.277. The van der Waals surface area contributed by atoms with Crippen molar-refractivity contribution in [1.82, 2.24) is 14.8 Å². The molecule has 1 aromatic rings. The number of aliphatic hydroxyl groups excluding tert-OH is 2. The average molecular weight is 510 g/mol. The number of nitrogens with zero attached hydrogens (tertiary/aromatic N) is 4. The molecule has 186 valence electrons. The van der Waals surface area contributed by atoms with Crippen molar-refractivity contribution in [2.45, 2.75) is 51.1 Å². The molecule has 34 heavy (non-hydrogen) atoms. The molecule has 10 nitrogen and oxygen atoms in total. The van der Waals surface area contributed by atoms with E-state index in [1.54, 1.807) is 17.2 Å². The number of carboxylic acid groups (broad SMARTS) is 1. The van der Waals surface area contributed by atoms with Gasteiger partial charge in [0, 0.05) is 47.1 Å². The molecule has 0 saturated carbocycles. The van der Waals surface area contributed by atoms with Crippen LogP contribution in [0.4, 0.5) is 5.13 Å². The fourth-order valence-corrected chi connectivity index (χ4v) is 7.21. The van der Waals surface area contributed by atoms with Gasteiger partial charge in [0.15, 0.2) is 5.13 Å². The molecular formula is C22H29N4O6S2-. The summed E-state index contributed by atoms with van der Waals surface area (Å²) in [6, 6.07) is -0.407. The number of hydrogen-bond donors (Lipinski definition) is 2. The first-order valence-electron chi connectivity index (χ1n) is 11.3. The molecule has 1 aromatic heterocycles. The molecule has 12 heteroatoms. The second-order valence-corrected chi connectivity index (χ2v) is 11.4. The molecule has 2 saturated heterocycles. The first kappa shape index (κ1) is 25.0. The number of carboxylic acids is 1. The Morgan fingerprint density at radius 1 is 1.35 bits per heavy atom. The van der Waals surface area contributed by atoms with E-state index >= 15 is 0 Å². The number of aliphatic hydroxyl groups is 2. The van der Waals surface area contributed by atoms with Gasteiger partial charge in [0.05, 0.1) is 36.3 Å². The number of carbonyl (C=O) groups is 3. The lowest BCUT2D eigenvalue weighted by molar-refractivity contribution is -0.301. The number of anilines is 1. The average Bonchev–Trinajstić information content (AvgIpc) is 3.29. The van der Waals surface area contributed by atoms with Gasteiger partial charge >= 0.3 is 0 Å². The summed E-state index contributed by atoms with van der Waals surface area (Å²) in [7, 11) is 0. The number of aromatic nitrogens is 1. The Hall–Kier alpha value is -2.15. The highest BCUT2D eigenvalue weighted by Crippen LogP contribution is 2.52.